The molecule has 2 atom stereocenters. The molecule has 4 heteroatoms. The van der Waals surface area contributed by atoms with E-state index in [9.17, 15) is 4.79 Å². The molecule has 1 saturated heterocycles. The number of carbonyl (C=O) groups is 1. The second-order valence-electron chi connectivity index (χ2n) is 5.26. The number of piperidine rings is 1. The molecule has 0 saturated carbocycles. The van der Waals surface area contributed by atoms with Gasteiger partial charge in [0, 0.05) is 30.2 Å². The summed E-state index contributed by atoms with van der Waals surface area (Å²) in [5, 5.41) is 0. The summed E-state index contributed by atoms with van der Waals surface area (Å²) < 4.78 is 6.44. The molecular weight excluding hydrogens is 306 g/mol. The quantitative estimate of drug-likeness (QED) is 0.835. The SMILES string of the molecule is COC1CN(C(=O)c2ccc(C)c(Br)c2)CCC1C. The van der Waals surface area contributed by atoms with Gasteiger partial charge in [-0.2, -0.15) is 0 Å². The van der Waals surface area contributed by atoms with Gasteiger partial charge in [-0.05, 0) is 37.0 Å². The Hall–Kier alpha value is -0.870. The van der Waals surface area contributed by atoms with Crippen LogP contribution in [0, 0.1) is 12.8 Å². The fraction of sp³-hybridized carbons (Fsp3) is 0.533. The standard InChI is InChI=1S/C15H20BrNO2/c1-10-4-5-12(8-13(10)16)15(18)17-7-6-11(2)14(9-17)19-3/h4-5,8,11,14H,6-7,9H2,1-3H3. The van der Waals surface area contributed by atoms with E-state index >= 15 is 0 Å². The van der Waals surface area contributed by atoms with Crippen molar-refractivity contribution in [2.45, 2.75) is 26.4 Å². The number of methoxy groups -OCH3 is 1. The normalized spacial score (nSPS) is 23.5. The molecule has 2 unspecified atom stereocenters. The molecule has 0 bridgehead atoms. The summed E-state index contributed by atoms with van der Waals surface area (Å²) in [6.07, 6.45) is 1.14. The summed E-state index contributed by atoms with van der Waals surface area (Å²) in [4.78, 5) is 14.4. The molecule has 1 aromatic rings. The molecule has 0 aromatic heterocycles. The first-order chi connectivity index (χ1) is 9.02. The molecule has 2 rings (SSSR count). The number of carbonyl (C=O) groups excluding carboxylic acids is 1. The van der Waals surface area contributed by atoms with E-state index in [0.29, 0.717) is 12.5 Å². The lowest BCUT2D eigenvalue weighted by Gasteiger charge is -2.36. The molecule has 0 aliphatic carbocycles. The molecule has 0 radical (unpaired) electrons. The van der Waals surface area contributed by atoms with Crippen LogP contribution in [-0.4, -0.2) is 37.1 Å². The van der Waals surface area contributed by atoms with Crippen LogP contribution in [-0.2, 0) is 4.74 Å². The molecular formula is C15H20BrNO2. The van der Waals surface area contributed by atoms with Crippen LogP contribution in [0.2, 0.25) is 0 Å². The highest BCUT2D eigenvalue weighted by molar-refractivity contribution is 9.10. The first-order valence-corrected chi connectivity index (χ1v) is 7.40. The number of amides is 1. The Kier molecular flexibility index (Phi) is 4.63. The summed E-state index contributed by atoms with van der Waals surface area (Å²) in [5.74, 6) is 0.605. The van der Waals surface area contributed by atoms with Gasteiger partial charge in [-0.3, -0.25) is 4.79 Å². The summed E-state index contributed by atoms with van der Waals surface area (Å²) in [7, 11) is 1.72. The third-order valence-corrected chi connectivity index (χ3v) is 4.75. The third-order valence-electron chi connectivity index (χ3n) is 3.90. The molecule has 1 aliphatic heterocycles. The Bertz CT molecular complexity index is 475. The highest BCUT2D eigenvalue weighted by Gasteiger charge is 2.29. The van der Waals surface area contributed by atoms with Crippen LogP contribution in [0.3, 0.4) is 0 Å². The zero-order valence-corrected chi connectivity index (χ0v) is 13.2. The van der Waals surface area contributed by atoms with E-state index in [1.54, 1.807) is 7.11 Å². The first kappa shape index (κ1) is 14.5. The van der Waals surface area contributed by atoms with Gasteiger partial charge in [0.25, 0.3) is 5.91 Å². The van der Waals surface area contributed by atoms with Crippen molar-refractivity contribution in [1.82, 2.24) is 4.90 Å². The summed E-state index contributed by atoms with van der Waals surface area (Å²) >= 11 is 3.48. The van der Waals surface area contributed by atoms with Gasteiger partial charge in [0.15, 0.2) is 0 Å². The Balaban J connectivity index is 2.13. The Morgan fingerprint density at radius 3 is 2.84 bits per heavy atom. The predicted octanol–water partition coefficient (Wildman–Crippen LogP) is 3.25. The number of likely N-dealkylation sites (tertiary alicyclic amines) is 1. The van der Waals surface area contributed by atoms with Gasteiger partial charge in [-0.15, -0.1) is 0 Å². The monoisotopic (exact) mass is 325 g/mol. The zero-order chi connectivity index (χ0) is 14.0. The number of ether oxygens (including phenoxy) is 1. The molecule has 1 fully saturated rings. The smallest absolute Gasteiger partial charge is 0.253 e. The maximum Gasteiger partial charge on any atom is 0.253 e. The van der Waals surface area contributed by atoms with E-state index in [2.05, 4.69) is 22.9 Å². The van der Waals surface area contributed by atoms with Crippen molar-refractivity contribution in [1.29, 1.82) is 0 Å². The van der Waals surface area contributed by atoms with Gasteiger partial charge < -0.3 is 9.64 Å². The van der Waals surface area contributed by atoms with Gasteiger partial charge in [0.05, 0.1) is 6.10 Å². The van der Waals surface area contributed by atoms with Crippen molar-refractivity contribution in [3.63, 3.8) is 0 Å². The number of hydrogen-bond acceptors (Lipinski definition) is 2. The van der Waals surface area contributed by atoms with Gasteiger partial charge in [0.1, 0.15) is 0 Å². The second kappa shape index (κ2) is 6.06. The second-order valence-corrected chi connectivity index (χ2v) is 6.11. The van der Waals surface area contributed by atoms with Crippen LogP contribution >= 0.6 is 15.9 Å². The molecule has 1 aromatic carbocycles. The molecule has 0 spiro atoms. The van der Waals surface area contributed by atoms with E-state index in [-0.39, 0.29) is 12.0 Å². The summed E-state index contributed by atoms with van der Waals surface area (Å²) in [6.45, 7) is 5.69. The number of hydrogen-bond donors (Lipinski definition) is 0. The van der Waals surface area contributed by atoms with E-state index in [4.69, 9.17) is 4.74 Å². The van der Waals surface area contributed by atoms with Gasteiger partial charge >= 0.3 is 0 Å². The van der Waals surface area contributed by atoms with Crippen LogP contribution in [0.1, 0.15) is 29.3 Å². The van der Waals surface area contributed by atoms with Gasteiger partial charge in [-0.25, -0.2) is 0 Å². The molecule has 1 amide bonds. The van der Waals surface area contributed by atoms with Crippen molar-refractivity contribution in [3.05, 3.63) is 33.8 Å². The highest BCUT2D eigenvalue weighted by Crippen LogP contribution is 2.23. The molecule has 3 nitrogen and oxygen atoms in total. The van der Waals surface area contributed by atoms with Crippen molar-refractivity contribution >= 4 is 21.8 Å². The number of halogens is 1. The van der Waals surface area contributed by atoms with Crippen LogP contribution in [0.25, 0.3) is 0 Å². The van der Waals surface area contributed by atoms with Gasteiger partial charge in [-0.1, -0.05) is 28.9 Å². The lowest BCUT2D eigenvalue weighted by atomic mass is 9.95. The van der Waals surface area contributed by atoms with E-state index in [1.807, 2.05) is 30.0 Å². The highest BCUT2D eigenvalue weighted by atomic mass is 79.9. The zero-order valence-electron chi connectivity index (χ0n) is 11.6. The van der Waals surface area contributed by atoms with Gasteiger partial charge in [0.2, 0.25) is 0 Å². The largest absolute Gasteiger partial charge is 0.379 e. The minimum Gasteiger partial charge on any atom is -0.379 e. The van der Waals surface area contributed by atoms with Crippen LogP contribution < -0.4 is 0 Å². The molecule has 19 heavy (non-hydrogen) atoms. The number of benzene rings is 1. The number of aryl methyl sites for hydroxylation is 1. The van der Waals surface area contributed by atoms with Crippen molar-refractivity contribution in [2.75, 3.05) is 20.2 Å². The van der Waals surface area contributed by atoms with Crippen LogP contribution in [0.15, 0.2) is 22.7 Å². The van der Waals surface area contributed by atoms with E-state index in [1.165, 1.54) is 0 Å². The van der Waals surface area contributed by atoms with Crippen molar-refractivity contribution in [2.24, 2.45) is 5.92 Å². The van der Waals surface area contributed by atoms with E-state index < -0.39 is 0 Å². The lowest BCUT2D eigenvalue weighted by molar-refractivity contribution is -0.00156. The minimum atomic E-state index is 0.0923. The molecule has 1 aliphatic rings. The Labute approximate surface area is 123 Å². The molecule has 104 valence electrons. The minimum absolute atomic E-state index is 0.0923. The summed E-state index contributed by atoms with van der Waals surface area (Å²) in [6, 6.07) is 5.76. The van der Waals surface area contributed by atoms with E-state index in [0.717, 1.165) is 28.6 Å². The average Bonchev–Trinajstić information content (AvgIpc) is 2.41. The maximum absolute atomic E-state index is 12.5. The fourth-order valence-corrected chi connectivity index (χ4v) is 2.81. The van der Waals surface area contributed by atoms with Crippen LogP contribution in [0.4, 0.5) is 0 Å². The van der Waals surface area contributed by atoms with Crippen LogP contribution in [0.5, 0.6) is 0 Å². The number of nitrogens with zero attached hydrogens (tertiary/aromatic N) is 1. The Morgan fingerprint density at radius 1 is 1.47 bits per heavy atom. The first-order valence-electron chi connectivity index (χ1n) is 6.61. The third kappa shape index (κ3) is 3.18. The molecule has 0 N–H and O–H groups in total. The predicted molar refractivity (Wildman–Crippen MR) is 79.4 cm³/mol. The Morgan fingerprint density at radius 2 is 2.21 bits per heavy atom. The average molecular weight is 326 g/mol. The van der Waals surface area contributed by atoms with Crippen molar-refractivity contribution < 1.29 is 9.53 Å². The molecule has 1 heterocycles. The number of rotatable bonds is 2. The fourth-order valence-electron chi connectivity index (χ4n) is 2.43. The maximum atomic E-state index is 12.5. The lowest BCUT2D eigenvalue weighted by Crippen LogP contribution is -2.46. The summed E-state index contributed by atoms with van der Waals surface area (Å²) in [5.41, 5.74) is 1.88. The topological polar surface area (TPSA) is 29.5 Å². The van der Waals surface area contributed by atoms with Crippen molar-refractivity contribution in [3.8, 4) is 0 Å².